The predicted octanol–water partition coefficient (Wildman–Crippen LogP) is 2.58. The van der Waals surface area contributed by atoms with Crippen LogP contribution in [0.15, 0.2) is 36.9 Å². The zero-order valence-electron chi connectivity index (χ0n) is 9.51. The summed E-state index contributed by atoms with van der Waals surface area (Å²) in [5, 5.41) is 0. The maximum Gasteiger partial charge on any atom is 0.156 e. The third-order valence-electron chi connectivity index (χ3n) is 2.82. The van der Waals surface area contributed by atoms with Gasteiger partial charge in [-0.2, -0.15) is 0 Å². The van der Waals surface area contributed by atoms with Gasteiger partial charge in [0.25, 0.3) is 0 Å². The first kappa shape index (κ1) is 9.96. The van der Waals surface area contributed by atoms with Gasteiger partial charge in [-0.3, -0.25) is 4.98 Å². The Bertz CT molecular complexity index is 643. The number of hydrogen-bond donors (Lipinski definition) is 1. The van der Waals surface area contributed by atoms with E-state index >= 15 is 0 Å². The van der Waals surface area contributed by atoms with Crippen molar-refractivity contribution in [2.24, 2.45) is 0 Å². The number of rotatable bonds is 2. The van der Waals surface area contributed by atoms with Gasteiger partial charge in [0.1, 0.15) is 5.52 Å². The molecular weight excluding hydrogens is 212 g/mol. The van der Waals surface area contributed by atoms with Crippen LogP contribution in [-0.2, 0) is 6.42 Å². The first-order chi connectivity index (χ1) is 8.38. The van der Waals surface area contributed by atoms with Gasteiger partial charge in [-0.15, -0.1) is 0 Å². The van der Waals surface area contributed by atoms with E-state index < -0.39 is 0 Å². The fourth-order valence-corrected chi connectivity index (χ4v) is 1.87. The van der Waals surface area contributed by atoms with Gasteiger partial charge >= 0.3 is 0 Å². The molecule has 3 heterocycles. The fourth-order valence-electron chi connectivity index (χ4n) is 1.87. The molecule has 3 rings (SSSR count). The highest BCUT2D eigenvalue weighted by atomic mass is 14.9. The Hall–Kier alpha value is -2.23. The highest BCUT2D eigenvalue weighted by Gasteiger charge is 2.07. The standard InChI is InChI=1S/C13H12N4/c1-2-9-7-15-13-12(9)17-11(8-16-13)10-3-5-14-6-4-10/h3-8H,2H2,1H3,(H,15,16). The number of H-pyrrole nitrogens is 1. The lowest BCUT2D eigenvalue weighted by atomic mass is 10.2. The Kier molecular flexibility index (Phi) is 2.33. The molecule has 0 bridgehead atoms. The van der Waals surface area contributed by atoms with Crippen molar-refractivity contribution in [3.8, 4) is 11.3 Å². The second-order valence-corrected chi connectivity index (χ2v) is 3.86. The van der Waals surface area contributed by atoms with E-state index in [0.29, 0.717) is 0 Å². The van der Waals surface area contributed by atoms with Crippen LogP contribution >= 0.6 is 0 Å². The quantitative estimate of drug-likeness (QED) is 0.727. The topological polar surface area (TPSA) is 54.5 Å². The number of nitrogens with one attached hydrogen (secondary N) is 1. The molecule has 0 fully saturated rings. The maximum atomic E-state index is 4.65. The maximum absolute atomic E-state index is 4.65. The Balaban J connectivity index is 2.19. The van der Waals surface area contributed by atoms with E-state index in [9.17, 15) is 0 Å². The Morgan fingerprint density at radius 3 is 2.82 bits per heavy atom. The molecule has 0 aliphatic heterocycles. The van der Waals surface area contributed by atoms with Gasteiger partial charge in [-0.05, 0) is 24.1 Å². The smallest absolute Gasteiger partial charge is 0.156 e. The molecule has 0 unspecified atom stereocenters. The van der Waals surface area contributed by atoms with Crippen molar-refractivity contribution < 1.29 is 0 Å². The number of nitrogens with zero attached hydrogens (tertiary/aromatic N) is 3. The lowest BCUT2D eigenvalue weighted by Crippen LogP contribution is -1.89. The molecule has 3 aromatic rings. The summed E-state index contributed by atoms with van der Waals surface area (Å²) in [5.74, 6) is 0. The van der Waals surface area contributed by atoms with Crippen molar-refractivity contribution in [1.29, 1.82) is 0 Å². The lowest BCUT2D eigenvalue weighted by Gasteiger charge is -2.00. The summed E-state index contributed by atoms with van der Waals surface area (Å²) in [4.78, 5) is 16.2. The van der Waals surface area contributed by atoms with Crippen molar-refractivity contribution in [3.63, 3.8) is 0 Å². The molecule has 0 aliphatic rings. The first-order valence-electron chi connectivity index (χ1n) is 5.62. The van der Waals surface area contributed by atoms with Crippen LogP contribution in [0, 0.1) is 0 Å². The summed E-state index contributed by atoms with van der Waals surface area (Å²) in [6, 6.07) is 3.88. The molecule has 1 N–H and O–H groups in total. The minimum atomic E-state index is 0.847. The Labute approximate surface area is 98.8 Å². The van der Waals surface area contributed by atoms with Gasteiger partial charge in [0.2, 0.25) is 0 Å². The Morgan fingerprint density at radius 2 is 2.06 bits per heavy atom. The molecule has 0 saturated heterocycles. The zero-order valence-corrected chi connectivity index (χ0v) is 9.51. The van der Waals surface area contributed by atoms with Crippen LogP contribution in [0.2, 0.25) is 0 Å². The molecular formula is C13H12N4. The van der Waals surface area contributed by atoms with Crippen molar-refractivity contribution >= 4 is 11.2 Å². The molecule has 0 spiro atoms. The van der Waals surface area contributed by atoms with Gasteiger partial charge in [0.15, 0.2) is 5.65 Å². The summed E-state index contributed by atoms with van der Waals surface area (Å²) in [5.41, 5.74) is 4.93. The average Bonchev–Trinajstić information content (AvgIpc) is 2.81. The molecule has 0 aromatic carbocycles. The van der Waals surface area contributed by atoms with Gasteiger partial charge < -0.3 is 4.98 Å². The van der Waals surface area contributed by atoms with E-state index in [0.717, 1.165) is 28.8 Å². The molecule has 0 saturated carbocycles. The zero-order chi connectivity index (χ0) is 11.7. The van der Waals surface area contributed by atoms with Crippen LogP contribution in [0.5, 0.6) is 0 Å². The van der Waals surface area contributed by atoms with Crippen molar-refractivity contribution in [2.45, 2.75) is 13.3 Å². The van der Waals surface area contributed by atoms with Gasteiger partial charge in [-0.1, -0.05) is 6.92 Å². The van der Waals surface area contributed by atoms with Gasteiger partial charge in [0, 0.05) is 24.2 Å². The van der Waals surface area contributed by atoms with Crippen LogP contribution in [0.1, 0.15) is 12.5 Å². The second-order valence-electron chi connectivity index (χ2n) is 3.86. The first-order valence-corrected chi connectivity index (χ1v) is 5.62. The number of aromatic amines is 1. The molecule has 17 heavy (non-hydrogen) atoms. The largest absolute Gasteiger partial charge is 0.345 e. The average molecular weight is 224 g/mol. The number of aromatic nitrogens is 4. The minimum absolute atomic E-state index is 0.847. The van der Waals surface area contributed by atoms with E-state index in [1.807, 2.05) is 18.3 Å². The molecule has 3 aromatic heterocycles. The van der Waals surface area contributed by atoms with Crippen molar-refractivity contribution in [3.05, 3.63) is 42.5 Å². The molecule has 0 atom stereocenters. The van der Waals surface area contributed by atoms with Crippen LogP contribution in [0.25, 0.3) is 22.4 Å². The molecule has 4 heteroatoms. The highest BCUT2D eigenvalue weighted by molar-refractivity contribution is 5.77. The fraction of sp³-hybridized carbons (Fsp3) is 0.154. The van der Waals surface area contributed by atoms with Crippen molar-refractivity contribution in [1.82, 2.24) is 19.9 Å². The van der Waals surface area contributed by atoms with E-state index in [1.165, 1.54) is 5.56 Å². The minimum Gasteiger partial charge on any atom is -0.345 e. The number of aryl methyl sites for hydroxylation is 1. The van der Waals surface area contributed by atoms with Crippen LogP contribution in [0.3, 0.4) is 0 Å². The Morgan fingerprint density at radius 1 is 1.24 bits per heavy atom. The number of fused-ring (bicyclic) bond motifs is 1. The highest BCUT2D eigenvalue weighted by Crippen LogP contribution is 2.20. The van der Waals surface area contributed by atoms with E-state index in [4.69, 9.17) is 0 Å². The third kappa shape index (κ3) is 1.67. The molecule has 0 radical (unpaired) electrons. The van der Waals surface area contributed by atoms with E-state index in [1.54, 1.807) is 18.6 Å². The summed E-state index contributed by atoms with van der Waals surface area (Å²) in [7, 11) is 0. The SMILES string of the molecule is CCc1c[nH]c2ncc(-c3ccncc3)nc12. The predicted molar refractivity (Wildman–Crippen MR) is 66.5 cm³/mol. The van der Waals surface area contributed by atoms with Crippen LogP contribution < -0.4 is 0 Å². The number of hydrogen-bond acceptors (Lipinski definition) is 3. The monoisotopic (exact) mass is 224 g/mol. The summed E-state index contributed by atoms with van der Waals surface area (Å²) < 4.78 is 0. The van der Waals surface area contributed by atoms with E-state index in [-0.39, 0.29) is 0 Å². The number of pyridine rings is 1. The third-order valence-corrected chi connectivity index (χ3v) is 2.82. The van der Waals surface area contributed by atoms with Gasteiger partial charge in [-0.25, -0.2) is 9.97 Å². The summed E-state index contributed by atoms with van der Waals surface area (Å²) in [6.07, 6.45) is 8.24. The van der Waals surface area contributed by atoms with Crippen LogP contribution in [0.4, 0.5) is 0 Å². The normalized spacial score (nSPS) is 10.9. The molecule has 0 amide bonds. The molecule has 4 nitrogen and oxygen atoms in total. The lowest BCUT2D eigenvalue weighted by molar-refractivity contribution is 1.14. The summed E-state index contributed by atoms with van der Waals surface area (Å²) >= 11 is 0. The molecule has 84 valence electrons. The second kappa shape index (κ2) is 3.97. The van der Waals surface area contributed by atoms with Gasteiger partial charge in [0.05, 0.1) is 11.9 Å². The van der Waals surface area contributed by atoms with Crippen molar-refractivity contribution in [2.75, 3.05) is 0 Å². The van der Waals surface area contributed by atoms with Crippen LogP contribution in [-0.4, -0.2) is 19.9 Å². The van der Waals surface area contributed by atoms with E-state index in [2.05, 4.69) is 26.9 Å². The summed E-state index contributed by atoms with van der Waals surface area (Å²) in [6.45, 7) is 2.11. The molecule has 0 aliphatic carbocycles.